The van der Waals surface area contributed by atoms with Crippen molar-refractivity contribution in [3.8, 4) is 11.5 Å². The monoisotopic (exact) mass is 326 g/mol. The van der Waals surface area contributed by atoms with Crippen LogP contribution in [-0.4, -0.2) is 21.3 Å². The second-order valence-corrected chi connectivity index (χ2v) is 6.02. The summed E-state index contributed by atoms with van der Waals surface area (Å²) < 4.78 is 0. The van der Waals surface area contributed by atoms with E-state index in [0.717, 1.165) is 17.2 Å². The third kappa shape index (κ3) is 4.16. The van der Waals surface area contributed by atoms with Crippen LogP contribution in [-0.2, 0) is 19.3 Å². The van der Waals surface area contributed by atoms with Gasteiger partial charge in [0.2, 0.25) is 0 Å². The smallest absolute Gasteiger partial charge is 0.339 e. The van der Waals surface area contributed by atoms with E-state index in [-0.39, 0.29) is 11.3 Å². The van der Waals surface area contributed by atoms with Crippen LogP contribution in [0.25, 0.3) is 0 Å². The fourth-order valence-corrected chi connectivity index (χ4v) is 2.71. The lowest BCUT2D eigenvalue weighted by Gasteiger charge is -2.15. The molecule has 0 amide bonds. The lowest BCUT2D eigenvalue weighted by atomic mass is 9.91. The molecule has 0 unspecified atom stereocenters. The van der Waals surface area contributed by atoms with Crippen molar-refractivity contribution < 1.29 is 20.1 Å². The number of allylic oxidation sites excluding steroid dienone is 2. The van der Waals surface area contributed by atoms with E-state index in [1.165, 1.54) is 0 Å². The molecule has 0 fully saturated rings. The molecule has 0 heterocycles. The Morgan fingerprint density at radius 2 is 1.67 bits per heavy atom. The summed E-state index contributed by atoms with van der Waals surface area (Å²) in [7, 11) is 0. The maximum absolute atomic E-state index is 11.6. The third-order valence-corrected chi connectivity index (χ3v) is 3.94. The van der Waals surface area contributed by atoms with E-state index in [9.17, 15) is 20.1 Å². The second-order valence-electron chi connectivity index (χ2n) is 6.02. The van der Waals surface area contributed by atoms with Crippen molar-refractivity contribution in [3.05, 3.63) is 70.3 Å². The predicted molar refractivity (Wildman–Crippen MR) is 93.7 cm³/mol. The fourth-order valence-electron chi connectivity index (χ4n) is 2.71. The molecule has 0 saturated carbocycles. The molecule has 0 saturated heterocycles. The number of aryl methyl sites for hydroxylation is 1. The summed E-state index contributed by atoms with van der Waals surface area (Å²) in [4.78, 5) is 11.6. The molecule has 0 aliphatic rings. The van der Waals surface area contributed by atoms with Gasteiger partial charge in [-0.15, -0.1) is 0 Å². The average Bonchev–Trinajstić information content (AvgIpc) is 2.52. The largest absolute Gasteiger partial charge is 0.508 e. The maximum atomic E-state index is 11.6. The molecule has 24 heavy (non-hydrogen) atoms. The number of aromatic carboxylic acids is 1. The van der Waals surface area contributed by atoms with Crippen molar-refractivity contribution in [2.45, 2.75) is 33.1 Å². The highest BCUT2D eigenvalue weighted by Crippen LogP contribution is 2.34. The van der Waals surface area contributed by atoms with E-state index in [2.05, 4.69) is 0 Å². The van der Waals surface area contributed by atoms with Gasteiger partial charge in [0.1, 0.15) is 17.1 Å². The van der Waals surface area contributed by atoms with Gasteiger partial charge in [-0.25, -0.2) is 4.79 Å². The summed E-state index contributed by atoms with van der Waals surface area (Å²) in [5.41, 5.74) is 3.07. The van der Waals surface area contributed by atoms with Crippen molar-refractivity contribution in [2.75, 3.05) is 0 Å². The number of hydrogen-bond acceptors (Lipinski definition) is 3. The van der Waals surface area contributed by atoms with Crippen LogP contribution in [0.3, 0.4) is 0 Å². The van der Waals surface area contributed by atoms with E-state index < -0.39 is 11.7 Å². The molecule has 2 aromatic rings. The average molecular weight is 326 g/mol. The van der Waals surface area contributed by atoms with Crippen molar-refractivity contribution in [2.24, 2.45) is 0 Å². The van der Waals surface area contributed by atoms with Gasteiger partial charge in [-0.3, -0.25) is 0 Å². The summed E-state index contributed by atoms with van der Waals surface area (Å²) >= 11 is 0. The Balaban J connectivity index is 2.47. The molecule has 0 atom stereocenters. The second kappa shape index (κ2) is 7.68. The first-order valence-electron chi connectivity index (χ1n) is 7.87. The Kier molecular flexibility index (Phi) is 5.64. The molecule has 0 aliphatic heterocycles. The van der Waals surface area contributed by atoms with Crippen LogP contribution in [0.15, 0.2) is 48.0 Å². The van der Waals surface area contributed by atoms with Crippen LogP contribution in [0.4, 0.5) is 0 Å². The van der Waals surface area contributed by atoms with E-state index in [0.29, 0.717) is 30.4 Å². The number of carbonyl (C=O) groups is 1. The molecule has 0 spiro atoms. The molecular formula is C20H22O4. The van der Waals surface area contributed by atoms with Gasteiger partial charge in [0.15, 0.2) is 0 Å². The first-order chi connectivity index (χ1) is 11.4. The fraction of sp³-hybridized carbons (Fsp3) is 0.250. The summed E-state index contributed by atoms with van der Waals surface area (Å²) in [5, 5.41) is 29.7. The molecule has 0 aromatic heterocycles. The number of benzene rings is 2. The molecular weight excluding hydrogens is 304 g/mol. The van der Waals surface area contributed by atoms with Gasteiger partial charge < -0.3 is 15.3 Å². The zero-order valence-electron chi connectivity index (χ0n) is 13.9. The standard InChI is InChI=1S/C20H22O4/c1-13(2)8-10-15-16(11-9-14-6-4-3-5-7-14)19(20(23)24)18(22)12-17(15)21/h3-8,12,21-22H,9-11H2,1-2H3,(H,23,24). The number of aromatic hydroxyl groups is 2. The van der Waals surface area contributed by atoms with Gasteiger partial charge in [-0.1, -0.05) is 42.0 Å². The normalized spacial score (nSPS) is 10.4. The minimum absolute atomic E-state index is 0.0712. The lowest BCUT2D eigenvalue weighted by molar-refractivity contribution is 0.0692. The predicted octanol–water partition coefficient (Wildman–Crippen LogP) is 4.09. The molecule has 2 aromatic carbocycles. The van der Waals surface area contributed by atoms with Gasteiger partial charge in [-0.2, -0.15) is 0 Å². The molecule has 4 nitrogen and oxygen atoms in total. The number of carboxylic acids is 1. The Labute approximate surface area is 141 Å². The minimum Gasteiger partial charge on any atom is -0.508 e. The summed E-state index contributed by atoms with van der Waals surface area (Å²) in [5.74, 6) is -1.66. The highest BCUT2D eigenvalue weighted by molar-refractivity contribution is 5.93. The highest BCUT2D eigenvalue weighted by Gasteiger charge is 2.21. The third-order valence-electron chi connectivity index (χ3n) is 3.94. The Morgan fingerprint density at radius 3 is 2.25 bits per heavy atom. The summed E-state index contributed by atoms with van der Waals surface area (Å²) in [6.07, 6.45) is 3.42. The van der Waals surface area contributed by atoms with Crippen LogP contribution in [0.2, 0.25) is 0 Å². The van der Waals surface area contributed by atoms with Crippen molar-refractivity contribution in [1.82, 2.24) is 0 Å². The molecule has 0 radical (unpaired) electrons. The topological polar surface area (TPSA) is 77.8 Å². The van der Waals surface area contributed by atoms with Crippen LogP contribution in [0.1, 0.15) is 40.9 Å². The van der Waals surface area contributed by atoms with E-state index in [1.54, 1.807) is 0 Å². The van der Waals surface area contributed by atoms with Crippen LogP contribution >= 0.6 is 0 Å². The number of phenols is 2. The van der Waals surface area contributed by atoms with Crippen molar-refractivity contribution in [1.29, 1.82) is 0 Å². The SMILES string of the molecule is CC(C)=CCc1c(O)cc(O)c(C(=O)O)c1CCc1ccccc1. The number of rotatable bonds is 6. The summed E-state index contributed by atoms with van der Waals surface area (Å²) in [6.45, 7) is 3.89. The minimum atomic E-state index is -1.19. The first-order valence-corrected chi connectivity index (χ1v) is 7.87. The van der Waals surface area contributed by atoms with Crippen LogP contribution in [0, 0.1) is 0 Å². The number of hydrogen-bond donors (Lipinski definition) is 3. The summed E-state index contributed by atoms with van der Waals surface area (Å²) in [6, 6.07) is 10.8. The molecule has 3 N–H and O–H groups in total. The lowest BCUT2D eigenvalue weighted by Crippen LogP contribution is -2.08. The van der Waals surface area contributed by atoms with Gasteiger partial charge >= 0.3 is 5.97 Å². The number of carboxylic acid groups (broad SMARTS) is 1. The van der Waals surface area contributed by atoms with Crippen molar-refractivity contribution in [3.63, 3.8) is 0 Å². The molecule has 2 rings (SSSR count). The number of phenolic OH excluding ortho intramolecular Hbond substituents is 1. The molecule has 0 aliphatic carbocycles. The molecule has 0 bridgehead atoms. The zero-order valence-corrected chi connectivity index (χ0v) is 13.9. The quantitative estimate of drug-likeness (QED) is 0.699. The highest BCUT2D eigenvalue weighted by atomic mass is 16.4. The Hall–Kier alpha value is -2.75. The van der Waals surface area contributed by atoms with Crippen LogP contribution in [0.5, 0.6) is 11.5 Å². The van der Waals surface area contributed by atoms with E-state index >= 15 is 0 Å². The van der Waals surface area contributed by atoms with E-state index in [1.807, 2.05) is 50.3 Å². The van der Waals surface area contributed by atoms with E-state index in [4.69, 9.17) is 0 Å². The van der Waals surface area contributed by atoms with Crippen molar-refractivity contribution >= 4 is 5.97 Å². The van der Waals surface area contributed by atoms with Crippen LogP contribution < -0.4 is 0 Å². The van der Waals surface area contributed by atoms with Gasteiger partial charge in [0.25, 0.3) is 0 Å². The Bertz CT molecular complexity index is 757. The van der Waals surface area contributed by atoms with Gasteiger partial charge in [0.05, 0.1) is 0 Å². The first kappa shape index (κ1) is 17.6. The molecule has 4 heteroatoms. The Morgan fingerprint density at radius 1 is 1.00 bits per heavy atom. The van der Waals surface area contributed by atoms with Gasteiger partial charge in [-0.05, 0) is 44.2 Å². The zero-order chi connectivity index (χ0) is 17.7. The van der Waals surface area contributed by atoms with Gasteiger partial charge in [0, 0.05) is 11.6 Å². The molecule has 126 valence electrons. The maximum Gasteiger partial charge on any atom is 0.339 e.